The Morgan fingerprint density at radius 1 is 1.43 bits per heavy atom. The topological polar surface area (TPSA) is 63.3 Å². The van der Waals surface area contributed by atoms with E-state index in [4.69, 9.17) is 10.8 Å². The number of carbonyl (C=O) groups is 1. The van der Waals surface area contributed by atoms with Crippen molar-refractivity contribution in [2.24, 2.45) is 5.73 Å². The van der Waals surface area contributed by atoms with Crippen molar-refractivity contribution < 1.29 is 22.3 Å². The van der Waals surface area contributed by atoms with E-state index in [1.165, 1.54) is 0 Å². The van der Waals surface area contributed by atoms with Gasteiger partial charge in [0.1, 0.15) is 0 Å². The molecule has 0 bridgehead atoms. The minimum absolute atomic E-state index is 0. The first kappa shape index (κ1) is 13.4. The highest BCUT2D eigenvalue weighted by Crippen LogP contribution is 2.17. The molecule has 0 radical (unpaired) electrons. The summed E-state index contributed by atoms with van der Waals surface area (Å²) >= 11 is 3.29. The molecule has 78 valence electrons. The molecule has 0 amide bonds. The third-order valence-corrected chi connectivity index (χ3v) is 2.22. The molecule has 1 rings (SSSR count). The lowest BCUT2D eigenvalue weighted by atomic mass is 10.1. The molecule has 0 saturated carbocycles. The van der Waals surface area contributed by atoms with E-state index in [1.54, 1.807) is 0 Å². The number of aliphatic carboxylic acids is 1. The third kappa shape index (κ3) is 4.09. The van der Waals surface area contributed by atoms with Gasteiger partial charge in [-0.15, -0.1) is 0 Å². The average molecular weight is 280 g/mol. The molecule has 0 spiro atoms. The van der Waals surface area contributed by atoms with Crippen molar-refractivity contribution in [2.45, 2.75) is 12.5 Å². The van der Waals surface area contributed by atoms with Crippen LogP contribution in [0.15, 0.2) is 28.7 Å². The molecule has 0 heterocycles. The number of hydrogen-bond donors (Lipinski definition) is 2. The van der Waals surface area contributed by atoms with Gasteiger partial charge >= 0.3 is 5.97 Å². The number of hydrogen-bond acceptors (Lipinski definition) is 2. The van der Waals surface area contributed by atoms with E-state index in [0.29, 0.717) is 0 Å². The lowest BCUT2D eigenvalue weighted by Gasteiger charge is -2.08. The molecule has 0 aliphatic carbocycles. The van der Waals surface area contributed by atoms with Crippen molar-refractivity contribution >= 4 is 21.9 Å². The summed E-state index contributed by atoms with van der Waals surface area (Å²) in [4.78, 5) is 10.4. The van der Waals surface area contributed by atoms with Crippen LogP contribution in [-0.2, 0) is 4.79 Å². The largest absolute Gasteiger partial charge is 1.00 e. The summed E-state index contributed by atoms with van der Waals surface area (Å²) in [6.45, 7) is 0. The summed E-state index contributed by atoms with van der Waals surface area (Å²) in [5, 5.41) is 8.51. The van der Waals surface area contributed by atoms with Gasteiger partial charge in [-0.2, -0.15) is 0 Å². The van der Waals surface area contributed by atoms with Crippen LogP contribution in [0.1, 0.15) is 18.0 Å². The smallest absolute Gasteiger partial charge is 0.305 e. The predicted molar refractivity (Wildman–Crippen MR) is 53.3 cm³/mol. The monoisotopic (exact) mass is 278 g/mol. The van der Waals surface area contributed by atoms with Crippen LogP contribution in [0, 0.1) is 0 Å². The minimum atomic E-state index is -0.879. The van der Waals surface area contributed by atoms with Gasteiger partial charge in [-0.3, -0.25) is 4.79 Å². The molecule has 1 aromatic rings. The molecule has 14 heavy (non-hydrogen) atoms. The quantitative estimate of drug-likeness (QED) is 0.740. The fourth-order valence-corrected chi connectivity index (χ4v) is 1.28. The van der Waals surface area contributed by atoms with Gasteiger partial charge in [-0.25, -0.2) is 0 Å². The second kappa shape index (κ2) is 6.01. The molecular formula is C9H10BrClNO2-. The Balaban J connectivity index is 0.00000169. The number of rotatable bonds is 3. The highest BCUT2D eigenvalue weighted by atomic mass is 79.9. The van der Waals surface area contributed by atoms with Gasteiger partial charge in [0.25, 0.3) is 0 Å². The zero-order valence-corrected chi connectivity index (χ0v) is 9.62. The van der Waals surface area contributed by atoms with Gasteiger partial charge in [-0.1, -0.05) is 28.1 Å². The maximum atomic E-state index is 10.4. The standard InChI is InChI=1S/C9H10BrNO2.ClH/c10-7-3-1-6(2-4-7)8(11)5-9(12)13;/h1-4,8H,5,11H2,(H,12,13);1H/p-1. The van der Waals surface area contributed by atoms with E-state index in [1.807, 2.05) is 24.3 Å². The van der Waals surface area contributed by atoms with Crippen molar-refractivity contribution in [3.63, 3.8) is 0 Å². The van der Waals surface area contributed by atoms with Crippen LogP contribution in [0.4, 0.5) is 0 Å². The first-order chi connectivity index (χ1) is 6.09. The number of nitrogens with two attached hydrogens (primary N) is 1. The maximum absolute atomic E-state index is 10.4. The predicted octanol–water partition coefficient (Wildman–Crippen LogP) is -1.07. The Kier molecular flexibility index (Phi) is 5.76. The second-order valence-corrected chi connectivity index (χ2v) is 3.67. The van der Waals surface area contributed by atoms with Gasteiger partial charge in [0, 0.05) is 10.5 Å². The van der Waals surface area contributed by atoms with Gasteiger partial charge in [0.2, 0.25) is 0 Å². The molecule has 1 atom stereocenters. The number of carboxylic acid groups (broad SMARTS) is 1. The number of benzene rings is 1. The maximum Gasteiger partial charge on any atom is 0.305 e. The molecule has 0 aliphatic rings. The van der Waals surface area contributed by atoms with Gasteiger partial charge in [-0.05, 0) is 17.7 Å². The molecule has 5 heteroatoms. The van der Waals surface area contributed by atoms with E-state index in [9.17, 15) is 4.79 Å². The van der Waals surface area contributed by atoms with Gasteiger partial charge in [0.05, 0.1) is 6.42 Å². The summed E-state index contributed by atoms with van der Waals surface area (Å²) in [5.74, 6) is -0.879. The summed E-state index contributed by atoms with van der Waals surface area (Å²) in [7, 11) is 0. The molecule has 3 N–H and O–H groups in total. The van der Waals surface area contributed by atoms with Crippen LogP contribution < -0.4 is 18.1 Å². The Morgan fingerprint density at radius 2 is 1.93 bits per heavy atom. The fourth-order valence-electron chi connectivity index (χ4n) is 1.02. The summed E-state index contributed by atoms with van der Waals surface area (Å²) in [6, 6.07) is 6.90. The van der Waals surface area contributed by atoms with Crippen molar-refractivity contribution in [2.75, 3.05) is 0 Å². The van der Waals surface area contributed by atoms with Crippen LogP contribution in [-0.4, -0.2) is 11.1 Å². The third-order valence-electron chi connectivity index (χ3n) is 1.69. The van der Waals surface area contributed by atoms with Gasteiger partial charge < -0.3 is 23.2 Å². The van der Waals surface area contributed by atoms with Crippen LogP contribution in [0.2, 0.25) is 0 Å². The minimum Gasteiger partial charge on any atom is -1.00 e. The van der Waals surface area contributed by atoms with E-state index in [2.05, 4.69) is 15.9 Å². The van der Waals surface area contributed by atoms with Crippen LogP contribution in [0.5, 0.6) is 0 Å². The molecule has 3 nitrogen and oxygen atoms in total. The molecular weight excluding hydrogens is 269 g/mol. The lowest BCUT2D eigenvalue weighted by molar-refractivity contribution is -0.137. The zero-order chi connectivity index (χ0) is 9.84. The number of halogens is 2. The average Bonchev–Trinajstić information content (AvgIpc) is 2.04. The van der Waals surface area contributed by atoms with Crippen molar-refractivity contribution in [1.82, 2.24) is 0 Å². The van der Waals surface area contributed by atoms with E-state index < -0.39 is 12.0 Å². The molecule has 1 aromatic carbocycles. The Morgan fingerprint density at radius 3 is 2.36 bits per heavy atom. The molecule has 0 aromatic heterocycles. The normalized spacial score (nSPS) is 11.6. The Bertz CT molecular complexity index is 302. The lowest BCUT2D eigenvalue weighted by Crippen LogP contribution is -3.00. The first-order valence-electron chi connectivity index (χ1n) is 3.82. The molecule has 1 unspecified atom stereocenters. The second-order valence-electron chi connectivity index (χ2n) is 2.76. The molecule has 0 saturated heterocycles. The SMILES string of the molecule is NC(CC(=O)O)c1ccc(Br)cc1.[Cl-]. The highest BCUT2D eigenvalue weighted by Gasteiger charge is 2.09. The molecule has 0 aliphatic heterocycles. The number of carboxylic acids is 1. The van der Waals surface area contributed by atoms with Crippen molar-refractivity contribution in [3.05, 3.63) is 34.3 Å². The van der Waals surface area contributed by atoms with Crippen LogP contribution in [0.25, 0.3) is 0 Å². The molecule has 0 fully saturated rings. The zero-order valence-electron chi connectivity index (χ0n) is 7.28. The van der Waals surface area contributed by atoms with Crippen molar-refractivity contribution in [1.29, 1.82) is 0 Å². The first-order valence-corrected chi connectivity index (χ1v) is 4.61. The Labute approximate surface area is 96.8 Å². The van der Waals surface area contributed by atoms with Gasteiger partial charge in [0.15, 0.2) is 0 Å². The fraction of sp³-hybridized carbons (Fsp3) is 0.222. The van der Waals surface area contributed by atoms with Crippen LogP contribution >= 0.6 is 15.9 Å². The summed E-state index contributed by atoms with van der Waals surface area (Å²) in [5.41, 5.74) is 6.49. The Hall–Kier alpha value is -0.580. The summed E-state index contributed by atoms with van der Waals surface area (Å²) < 4.78 is 0.957. The highest BCUT2D eigenvalue weighted by molar-refractivity contribution is 9.10. The van der Waals surface area contributed by atoms with Crippen LogP contribution in [0.3, 0.4) is 0 Å². The summed E-state index contributed by atoms with van der Waals surface area (Å²) in [6.07, 6.45) is -0.0400. The van der Waals surface area contributed by atoms with E-state index in [0.717, 1.165) is 10.0 Å². The van der Waals surface area contributed by atoms with Crippen molar-refractivity contribution in [3.8, 4) is 0 Å². The van der Waals surface area contributed by atoms with E-state index >= 15 is 0 Å². The van der Waals surface area contributed by atoms with E-state index in [-0.39, 0.29) is 18.8 Å².